The molecule has 0 spiro atoms. The van der Waals surface area contributed by atoms with Gasteiger partial charge in [-0.3, -0.25) is 4.79 Å². The van der Waals surface area contributed by atoms with Crippen molar-refractivity contribution >= 4 is 39.1 Å². The molecule has 1 heterocycles. The molecule has 3 nitrogen and oxygen atoms in total. The summed E-state index contributed by atoms with van der Waals surface area (Å²) in [6.07, 6.45) is 2.22. The van der Waals surface area contributed by atoms with Crippen LogP contribution in [0.5, 0.6) is 0 Å². The van der Waals surface area contributed by atoms with Gasteiger partial charge in [-0.1, -0.05) is 18.5 Å². The van der Waals surface area contributed by atoms with Gasteiger partial charge in [-0.25, -0.2) is 0 Å². The minimum absolute atomic E-state index is 0.0144. The van der Waals surface area contributed by atoms with E-state index in [1.165, 1.54) is 0 Å². The average molecular weight is 332 g/mol. The van der Waals surface area contributed by atoms with Gasteiger partial charge in [-0.05, 0) is 59.4 Å². The first kappa shape index (κ1) is 13.8. The molecule has 2 atom stereocenters. The quantitative estimate of drug-likeness (QED) is 0.872. The summed E-state index contributed by atoms with van der Waals surface area (Å²) in [6.45, 7) is 3.01. The summed E-state index contributed by atoms with van der Waals surface area (Å²) in [5, 5.41) is 6.76. The minimum atomic E-state index is -0.110. The fraction of sp³-hybridized carbons (Fsp3) is 0.462. The van der Waals surface area contributed by atoms with Crippen LogP contribution >= 0.6 is 27.5 Å². The van der Waals surface area contributed by atoms with Gasteiger partial charge < -0.3 is 10.6 Å². The summed E-state index contributed by atoms with van der Waals surface area (Å²) in [7, 11) is 0. The Morgan fingerprint density at radius 1 is 1.56 bits per heavy atom. The highest BCUT2D eigenvalue weighted by Gasteiger charge is 2.27. The fourth-order valence-electron chi connectivity index (χ4n) is 2.19. The Kier molecular flexibility index (Phi) is 4.65. The van der Waals surface area contributed by atoms with E-state index in [4.69, 9.17) is 11.6 Å². The molecular formula is C13H16BrClN2O. The number of benzene rings is 1. The maximum Gasteiger partial charge on any atom is 0.241 e. The number of halogens is 2. The van der Waals surface area contributed by atoms with Crippen molar-refractivity contribution in [2.45, 2.75) is 25.8 Å². The largest absolute Gasteiger partial charge is 0.325 e. The lowest BCUT2D eigenvalue weighted by atomic mass is 9.92. The first-order valence-corrected chi connectivity index (χ1v) is 7.24. The fourth-order valence-corrected chi connectivity index (χ4v) is 2.62. The maximum absolute atomic E-state index is 12.1. The zero-order valence-electron chi connectivity index (χ0n) is 10.2. The summed E-state index contributed by atoms with van der Waals surface area (Å²) >= 11 is 9.32. The van der Waals surface area contributed by atoms with Crippen molar-refractivity contribution < 1.29 is 4.79 Å². The van der Waals surface area contributed by atoms with Crippen LogP contribution in [-0.2, 0) is 4.79 Å². The topological polar surface area (TPSA) is 41.1 Å². The molecule has 2 unspecified atom stereocenters. The molecule has 5 heteroatoms. The van der Waals surface area contributed by atoms with E-state index >= 15 is 0 Å². The van der Waals surface area contributed by atoms with E-state index in [1.54, 1.807) is 6.07 Å². The van der Waals surface area contributed by atoms with Gasteiger partial charge in [-0.15, -0.1) is 0 Å². The zero-order valence-corrected chi connectivity index (χ0v) is 12.5. The van der Waals surface area contributed by atoms with Crippen LogP contribution in [0.25, 0.3) is 0 Å². The van der Waals surface area contributed by atoms with E-state index in [1.807, 2.05) is 12.1 Å². The minimum Gasteiger partial charge on any atom is -0.325 e. The van der Waals surface area contributed by atoms with Crippen LogP contribution in [0.4, 0.5) is 5.69 Å². The van der Waals surface area contributed by atoms with Gasteiger partial charge in [0, 0.05) is 10.2 Å². The summed E-state index contributed by atoms with van der Waals surface area (Å²) < 4.78 is 0.825. The standard InChI is InChI=1S/C13H16BrClN2O/c1-8-3-2-6-16-12(8)13(18)17-9-4-5-10(14)11(15)7-9/h4-5,7-8,12,16H,2-3,6H2,1H3,(H,17,18). The normalized spacial score (nSPS) is 23.7. The Morgan fingerprint density at radius 2 is 2.33 bits per heavy atom. The Morgan fingerprint density at radius 3 is 3.00 bits per heavy atom. The lowest BCUT2D eigenvalue weighted by molar-refractivity contribution is -0.119. The van der Waals surface area contributed by atoms with E-state index in [9.17, 15) is 4.79 Å². The van der Waals surface area contributed by atoms with Crippen molar-refractivity contribution in [1.82, 2.24) is 5.32 Å². The number of piperidine rings is 1. The average Bonchev–Trinajstić information content (AvgIpc) is 2.34. The molecule has 18 heavy (non-hydrogen) atoms. The zero-order chi connectivity index (χ0) is 13.1. The molecule has 98 valence electrons. The van der Waals surface area contributed by atoms with Crippen molar-refractivity contribution in [3.63, 3.8) is 0 Å². The molecule has 0 radical (unpaired) electrons. The smallest absolute Gasteiger partial charge is 0.241 e. The molecule has 1 saturated heterocycles. The number of amides is 1. The van der Waals surface area contributed by atoms with Gasteiger partial charge in [0.25, 0.3) is 0 Å². The van der Waals surface area contributed by atoms with Crippen molar-refractivity contribution in [3.05, 3.63) is 27.7 Å². The molecule has 0 saturated carbocycles. The summed E-state index contributed by atoms with van der Waals surface area (Å²) in [4.78, 5) is 12.1. The molecular weight excluding hydrogens is 316 g/mol. The van der Waals surface area contributed by atoms with Gasteiger partial charge in [0.05, 0.1) is 11.1 Å². The molecule has 1 fully saturated rings. The van der Waals surface area contributed by atoms with Crippen LogP contribution in [-0.4, -0.2) is 18.5 Å². The third kappa shape index (κ3) is 3.25. The second-order valence-corrected chi connectivity index (χ2v) is 5.93. The molecule has 1 aliphatic rings. The SMILES string of the molecule is CC1CCCNC1C(=O)Nc1ccc(Br)c(Cl)c1. The number of anilines is 1. The second-order valence-electron chi connectivity index (χ2n) is 4.67. The van der Waals surface area contributed by atoms with Gasteiger partial charge in [-0.2, -0.15) is 0 Å². The van der Waals surface area contributed by atoms with E-state index in [2.05, 4.69) is 33.5 Å². The van der Waals surface area contributed by atoms with Crippen molar-refractivity contribution in [3.8, 4) is 0 Å². The highest BCUT2D eigenvalue weighted by atomic mass is 79.9. The van der Waals surface area contributed by atoms with Crippen molar-refractivity contribution in [2.24, 2.45) is 5.92 Å². The predicted octanol–water partition coefficient (Wildman–Crippen LogP) is 3.43. The first-order chi connectivity index (χ1) is 8.58. The van der Waals surface area contributed by atoms with Gasteiger partial charge >= 0.3 is 0 Å². The Hall–Kier alpha value is -0.580. The number of carbonyl (C=O) groups excluding carboxylic acids is 1. The number of hydrogen-bond donors (Lipinski definition) is 2. The number of nitrogens with one attached hydrogen (secondary N) is 2. The summed E-state index contributed by atoms with van der Waals surface area (Å²) in [5.41, 5.74) is 0.729. The predicted molar refractivity (Wildman–Crippen MR) is 78.0 cm³/mol. The molecule has 1 aliphatic heterocycles. The summed E-state index contributed by atoms with van der Waals surface area (Å²) in [6, 6.07) is 5.30. The molecule has 0 aliphatic carbocycles. The van der Waals surface area contributed by atoms with Crippen LogP contribution < -0.4 is 10.6 Å². The third-order valence-corrected chi connectivity index (χ3v) is 4.47. The third-order valence-electron chi connectivity index (χ3n) is 3.24. The summed E-state index contributed by atoms with van der Waals surface area (Å²) in [5.74, 6) is 0.380. The van der Waals surface area contributed by atoms with Crippen LogP contribution in [0, 0.1) is 5.92 Å². The second kappa shape index (κ2) is 6.04. The molecule has 2 N–H and O–H groups in total. The van der Waals surface area contributed by atoms with Crippen LogP contribution in [0.2, 0.25) is 5.02 Å². The van der Waals surface area contributed by atoms with Gasteiger partial charge in [0.1, 0.15) is 0 Å². The number of rotatable bonds is 2. The highest BCUT2D eigenvalue weighted by molar-refractivity contribution is 9.10. The van der Waals surface area contributed by atoms with E-state index < -0.39 is 0 Å². The molecule has 1 aromatic carbocycles. The molecule has 2 rings (SSSR count). The Bertz CT molecular complexity index is 453. The van der Waals surface area contributed by atoms with Crippen LogP contribution in [0.15, 0.2) is 22.7 Å². The van der Waals surface area contributed by atoms with Crippen molar-refractivity contribution in [2.75, 3.05) is 11.9 Å². The first-order valence-electron chi connectivity index (χ1n) is 6.07. The van der Waals surface area contributed by atoms with Crippen LogP contribution in [0.1, 0.15) is 19.8 Å². The van der Waals surface area contributed by atoms with Gasteiger partial charge in [0.15, 0.2) is 0 Å². The Balaban J connectivity index is 2.04. The molecule has 0 aromatic heterocycles. The number of hydrogen-bond acceptors (Lipinski definition) is 2. The molecule has 1 amide bonds. The van der Waals surface area contributed by atoms with E-state index in [-0.39, 0.29) is 11.9 Å². The number of carbonyl (C=O) groups is 1. The van der Waals surface area contributed by atoms with E-state index in [0.717, 1.165) is 29.5 Å². The lowest BCUT2D eigenvalue weighted by Crippen LogP contribution is -2.48. The molecule has 0 bridgehead atoms. The van der Waals surface area contributed by atoms with Crippen LogP contribution in [0.3, 0.4) is 0 Å². The highest BCUT2D eigenvalue weighted by Crippen LogP contribution is 2.26. The van der Waals surface area contributed by atoms with Crippen molar-refractivity contribution in [1.29, 1.82) is 0 Å². The maximum atomic E-state index is 12.1. The van der Waals surface area contributed by atoms with Gasteiger partial charge in [0.2, 0.25) is 5.91 Å². The van der Waals surface area contributed by atoms with E-state index in [0.29, 0.717) is 10.9 Å². The monoisotopic (exact) mass is 330 g/mol. The lowest BCUT2D eigenvalue weighted by Gasteiger charge is -2.28. The molecule has 1 aromatic rings. The Labute approximate surface area is 120 Å².